The molecule has 0 aromatic carbocycles. The fraction of sp³-hybridized carbons (Fsp3) is 0.231. The lowest BCUT2D eigenvalue weighted by Gasteiger charge is -2.14. The topological polar surface area (TPSA) is 69.2 Å². The van der Waals surface area contributed by atoms with Crippen LogP contribution in [-0.2, 0) is 6.54 Å². The van der Waals surface area contributed by atoms with Crippen LogP contribution in [0.4, 0.5) is 0 Å². The number of aromatic nitrogens is 2. The number of carbonyl (C=O) groups is 1. The number of aromatic amines is 1. The summed E-state index contributed by atoms with van der Waals surface area (Å²) in [4.78, 5) is 22.2. The Labute approximate surface area is 114 Å². The minimum absolute atomic E-state index is 0.0709. The molecule has 2 aromatic heterocycles. The van der Waals surface area contributed by atoms with Gasteiger partial charge in [-0.1, -0.05) is 11.8 Å². The second-order valence-electron chi connectivity index (χ2n) is 3.82. The molecule has 0 radical (unpaired) electrons. The number of carbonyl (C=O) groups excluding carboxylic acids is 1. The van der Waals surface area contributed by atoms with E-state index in [2.05, 4.69) is 21.8 Å². The first-order valence-corrected chi connectivity index (χ1v) is 6.45. The van der Waals surface area contributed by atoms with Crippen molar-refractivity contribution in [3.05, 3.63) is 40.1 Å². The van der Waals surface area contributed by atoms with Crippen LogP contribution in [-0.4, -0.2) is 39.5 Å². The van der Waals surface area contributed by atoms with Crippen LogP contribution < -0.4 is 0 Å². The molecular formula is C13H13N3O2S. The van der Waals surface area contributed by atoms with Gasteiger partial charge in [-0.2, -0.15) is 0 Å². The van der Waals surface area contributed by atoms with Crippen molar-refractivity contribution in [2.75, 3.05) is 13.7 Å². The van der Waals surface area contributed by atoms with Crippen LogP contribution in [0.15, 0.2) is 24.5 Å². The monoisotopic (exact) mass is 275 g/mol. The summed E-state index contributed by atoms with van der Waals surface area (Å²) in [5, 5.41) is 8.62. The van der Waals surface area contributed by atoms with Gasteiger partial charge in [-0.05, 0) is 12.1 Å². The van der Waals surface area contributed by atoms with E-state index >= 15 is 0 Å². The van der Waals surface area contributed by atoms with E-state index in [0.29, 0.717) is 11.4 Å². The van der Waals surface area contributed by atoms with Crippen molar-refractivity contribution in [2.45, 2.75) is 6.54 Å². The Morgan fingerprint density at radius 2 is 2.42 bits per heavy atom. The van der Waals surface area contributed by atoms with E-state index in [-0.39, 0.29) is 12.5 Å². The molecule has 0 saturated carbocycles. The van der Waals surface area contributed by atoms with E-state index in [9.17, 15) is 4.79 Å². The Morgan fingerprint density at radius 1 is 1.58 bits per heavy atom. The maximum atomic E-state index is 12.2. The molecule has 0 bridgehead atoms. The molecule has 0 unspecified atom stereocenters. The molecule has 0 aliphatic rings. The van der Waals surface area contributed by atoms with Gasteiger partial charge in [0.25, 0.3) is 5.91 Å². The summed E-state index contributed by atoms with van der Waals surface area (Å²) in [5.74, 6) is 6.01. The Hall–Kier alpha value is -2.10. The summed E-state index contributed by atoms with van der Waals surface area (Å²) in [6.07, 6.45) is 3.38. The lowest BCUT2D eigenvalue weighted by Crippen LogP contribution is -2.25. The number of aliphatic hydroxyl groups is 1. The summed E-state index contributed by atoms with van der Waals surface area (Å²) in [6.45, 7) is 0.251. The van der Waals surface area contributed by atoms with Crippen LogP contribution in [0.25, 0.3) is 0 Å². The van der Waals surface area contributed by atoms with Gasteiger partial charge in [0.05, 0.1) is 16.3 Å². The number of nitrogens with one attached hydrogen (secondary N) is 1. The molecule has 0 aliphatic carbocycles. The molecule has 0 atom stereocenters. The van der Waals surface area contributed by atoms with Crippen LogP contribution in [0.2, 0.25) is 0 Å². The Kier molecular flexibility index (Phi) is 4.34. The number of nitrogens with zero attached hydrogens (tertiary/aromatic N) is 2. The molecule has 2 N–H and O–H groups in total. The molecule has 2 rings (SSSR count). The van der Waals surface area contributed by atoms with Crippen LogP contribution in [0.5, 0.6) is 0 Å². The summed E-state index contributed by atoms with van der Waals surface area (Å²) in [6, 6.07) is 3.52. The van der Waals surface area contributed by atoms with E-state index in [4.69, 9.17) is 5.11 Å². The van der Waals surface area contributed by atoms with E-state index < -0.39 is 0 Å². The van der Waals surface area contributed by atoms with Crippen LogP contribution in [0, 0.1) is 11.8 Å². The third-order valence-corrected chi connectivity index (χ3v) is 3.38. The second kappa shape index (κ2) is 6.18. The lowest BCUT2D eigenvalue weighted by molar-refractivity contribution is 0.0786. The summed E-state index contributed by atoms with van der Waals surface area (Å²) in [7, 11) is 1.73. The SMILES string of the molecule is CN(Cc1ncc[nH]1)C(=O)c1ccc(C#CCO)s1. The maximum Gasteiger partial charge on any atom is 0.264 e. The van der Waals surface area contributed by atoms with E-state index in [1.807, 2.05) is 0 Å². The van der Waals surface area contributed by atoms with Crippen LogP contribution in [0.3, 0.4) is 0 Å². The molecule has 2 heterocycles. The van der Waals surface area contributed by atoms with Gasteiger partial charge in [-0.15, -0.1) is 11.3 Å². The number of hydrogen-bond donors (Lipinski definition) is 2. The van der Waals surface area contributed by atoms with Gasteiger partial charge in [-0.3, -0.25) is 4.79 Å². The Bertz CT molecular complexity index is 607. The van der Waals surface area contributed by atoms with E-state index in [1.54, 1.807) is 36.5 Å². The molecule has 2 aromatic rings. The number of amides is 1. The largest absolute Gasteiger partial charge is 0.384 e. The van der Waals surface area contributed by atoms with Crippen LogP contribution in [0.1, 0.15) is 20.4 Å². The lowest BCUT2D eigenvalue weighted by atomic mass is 10.3. The normalized spacial score (nSPS) is 9.79. The highest BCUT2D eigenvalue weighted by molar-refractivity contribution is 7.14. The summed E-state index contributed by atoms with van der Waals surface area (Å²) in [5.41, 5.74) is 0. The average Bonchev–Trinajstić information content (AvgIpc) is 3.06. The average molecular weight is 275 g/mol. The molecule has 0 saturated heterocycles. The minimum Gasteiger partial charge on any atom is -0.384 e. The number of hydrogen-bond acceptors (Lipinski definition) is 4. The zero-order valence-electron chi connectivity index (χ0n) is 10.4. The molecule has 6 heteroatoms. The standard InChI is InChI=1S/C13H13N3O2S/c1-16(9-12-14-6-7-15-12)13(18)11-5-4-10(19-11)3-2-8-17/h4-7,17H,8-9H2,1H3,(H,14,15). The predicted molar refractivity (Wildman–Crippen MR) is 72.7 cm³/mol. The van der Waals surface area contributed by atoms with Crippen molar-refractivity contribution in [3.8, 4) is 11.8 Å². The third kappa shape index (κ3) is 3.44. The predicted octanol–water partition coefficient (Wildman–Crippen LogP) is 1.09. The molecule has 5 nitrogen and oxygen atoms in total. The highest BCUT2D eigenvalue weighted by Crippen LogP contribution is 2.17. The van der Waals surface area contributed by atoms with Crippen molar-refractivity contribution >= 4 is 17.2 Å². The highest BCUT2D eigenvalue weighted by Gasteiger charge is 2.14. The first kappa shape index (κ1) is 13.3. The van der Waals surface area contributed by atoms with Crippen molar-refractivity contribution < 1.29 is 9.90 Å². The number of H-pyrrole nitrogens is 1. The minimum atomic E-state index is -0.181. The number of rotatable bonds is 3. The first-order valence-electron chi connectivity index (χ1n) is 5.64. The van der Waals surface area contributed by atoms with E-state index in [0.717, 1.165) is 10.7 Å². The van der Waals surface area contributed by atoms with Crippen molar-refractivity contribution in [3.63, 3.8) is 0 Å². The van der Waals surface area contributed by atoms with E-state index in [1.165, 1.54) is 11.3 Å². The van der Waals surface area contributed by atoms with Gasteiger partial charge >= 0.3 is 0 Å². The number of imidazole rings is 1. The molecule has 0 spiro atoms. The van der Waals surface area contributed by atoms with Crippen molar-refractivity contribution in [1.82, 2.24) is 14.9 Å². The highest BCUT2D eigenvalue weighted by atomic mass is 32.1. The summed E-state index contributed by atoms with van der Waals surface area (Å²) < 4.78 is 0. The molecule has 19 heavy (non-hydrogen) atoms. The second-order valence-corrected chi connectivity index (χ2v) is 4.90. The smallest absolute Gasteiger partial charge is 0.264 e. The van der Waals surface area contributed by atoms with Crippen molar-refractivity contribution in [1.29, 1.82) is 0 Å². The first-order chi connectivity index (χ1) is 9.20. The molecular weight excluding hydrogens is 262 g/mol. The van der Waals surface area contributed by atoms with Gasteiger partial charge in [0.2, 0.25) is 0 Å². The number of thiophene rings is 1. The van der Waals surface area contributed by atoms with Crippen molar-refractivity contribution in [2.24, 2.45) is 0 Å². The van der Waals surface area contributed by atoms with Gasteiger partial charge in [0.15, 0.2) is 0 Å². The Balaban J connectivity index is 2.04. The zero-order valence-corrected chi connectivity index (χ0v) is 11.2. The zero-order chi connectivity index (χ0) is 13.7. The summed E-state index contributed by atoms with van der Waals surface area (Å²) >= 11 is 1.32. The Morgan fingerprint density at radius 3 is 3.11 bits per heavy atom. The molecule has 1 amide bonds. The quantitative estimate of drug-likeness (QED) is 0.824. The van der Waals surface area contributed by atoms with Gasteiger partial charge in [-0.25, -0.2) is 4.98 Å². The molecule has 0 fully saturated rings. The van der Waals surface area contributed by atoms with Gasteiger partial charge in [0.1, 0.15) is 12.4 Å². The van der Waals surface area contributed by atoms with Crippen LogP contribution >= 0.6 is 11.3 Å². The number of aliphatic hydroxyl groups excluding tert-OH is 1. The van der Waals surface area contributed by atoms with Gasteiger partial charge < -0.3 is 15.0 Å². The fourth-order valence-corrected chi connectivity index (χ4v) is 2.39. The maximum absolute atomic E-state index is 12.2. The fourth-order valence-electron chi connectivity index (χ4n) is 1.52. The molecule has 98 valence electrons. The van der Waals surface area contributed by atoms with Gasteiger partial charge in [0, 0.05) is 19.4 Å². The molecule has 0 aliphatic heterocycles. The third-order valence-electron chi connectivity index (χ3n) is 2.40.